The van der Waals surface area contributed by atoms with Gasteiger partial charge in [-0.1, -0.05) is 0 Å². The Bertz CT molecular complexity index is 378. The molecule has 1 amide bonds. The van der Waals surface area contributed by atoms with Crippen molar-refractivity contribution in [2.75, 3.05) is 25.1 Å². The molecule has 0 saturated heterocycles. The molecule has 0 unspecified atom stereocenters. The highest BCUT2D eigenvalue weighted by Gasteiger charge is 2.08. The molecule has 0 spiro atoms. The van der Waals surface area contributed by atoms with Gasteiger partial charge in [0.15, 0.2) is 10.9 Å². The van der Waals surface area contributed by atoms with Crippen molar-refractivity contribution in [2.24, 2.45) is 5.73 Å². The van der Waals surface area contributed by atoms with Crippen LogP contribution in [0.25, 0.3) is 0 Å². The molecule has 1 aromatic heterocycles. The number of carbonyl (C=O) groups excluding carboxylic acids is 2. The molecule has 16 heavy (non-hydrogen) atoms. The van der Waals surface area contributed by atoms with E-state index in [0.29, 0.717) is 24.0 Å². The van der Waals surface area contributed by atoms with E-state index in [0.717, 1.165) is 0 Å². The van der Waals surface area contributed by atoms with E-state index in [1.807, 2.05) is 0 Å². The Balaban J connectivity index is 2.40. The molecule has 88 valence electrons. The number of ketones is 1. The van der Waals surface area contributed by atoms with Gasteiger partial charge in [-0.05, 0) is 0 Å². The number of nitrogens with one attached hydrogen (secondary N) is 1. The van der Waals surface area contributed by atoms with Crippen molar-refractivity contribution >= 4 is 28.2 Å². The lowest BCUT2D eigenvalue weighted by Gasteiger charge is -2.01. The van der Waals surface area contributed by atoms with Crippen LogP contribution in [0.1, 0.15) is 17.4 Å². The van der Waals surface area contributed by atoms with E-state index in [2.05, 4.69) is 10.3 Å². The third-order valence-corrected chi connectivity index (χ3v) is 2.36. The van der Waals surface area contributed by atoms with Gasteiger partial charge in [-0.25, -0.2) is 4.98 Å². The van der Waals surface area contributed by atoms with Crippen molar-refractivity contribution in [3.05, 3.63) is 11.1 Å². The van der Waals surface area contributed by atoms with E-state index in [1.165, 1.54) is 18.3 Å². The number of anilines is 1. The van der Waals surface area contributed by atoms with Crippen LogP contribution >= 0.6 is 11.3 Å². The number of amides is 1. The summed E-state index contributed by atoms with van der Waals surface area (Å²) in [4.78, 5) is 26.2. The summed E-state index contributed by atoms with van der Waals surface area (Å²) >= 11 is 1.20. The first kappa shape index (κ1) is 12.8. The standard InChI is InChI=1S/C9H13N3O3S/c1-6(13)7-5-16-9(11-7)12-8(14)4-15-3-2-10/h5H,2-4,10H2,1H3,(H,11,12,14). The van der Waals surface area contributed by atoms with Gasteiger partial charge in [-0.2, -0.15) is 0 Å². The number of hydrogen-bond donors (Lipinski definition) is 2. The van der Waals surface area contributed by atoms with E-state index in [9.17, 15) is 9.59 Å². The van der Waals surface area contributed by atoms with Crippen LogP contribution in [-0.2, 0) is 9.53 Å². The number of aromatic nitrogens is 1. The Morgan fingerprint density at radius 1 is 1.62 bits per heavy atom. The van der Waals surface area contributed by atoms with Crippen molar-refractivity contribution in [2.45, 2.75) is 6.92 Å². The highest BCUT2D eigenvalue weighted by Crippen LogP contribution is 2.15. The van der Waals surface area contributed by atoms with Gasteiger partial charge in [0.05, 0.1) is 6.61 Å². The zero-order valence-electron chi connectivity index (χ0n) is 8.86. The first-order valence-corrected chi connectivity index (χ1v) is 5.55. The highest BCUT2D eigenvalue weighted by atomic mass is 32.1. The predicted octanol–water partition coefficient (Wildman–Crippen LogP) is 0.259. The number of Topliss-reactive ketones (excluding diaryl/α,β-unsaturated/α-hetero) is 1. The summed E-state index contributed by atoms with van der Waals surface area (Å²) in [7, 11) is 0. The molecular weight excluding hydrogens is 230 g/mol. The number of carbonyl (C=O) groups is 2. The highest BCUT2D eigenvalue weighted by molar-refractivity contribution is 7.14. The molecule has 0 bridgehead atoms. The smallest absolute Gasteiger partial charge is 0.252 e. The van der Waals surface area contributed by atoms with Crippen LogP contribution in [0.4, 0.5) is 5.13 Å². The Kier molecular flexibility index (Phi) is 5.03. The monoisotopic (exact) mass is 243 g/mol. The minimum Gasteiger partial charge on any atom is -0.370 e. The van der Waals surface area contributed by atoms with E-state index in [-0.39, 0.29) is 18.3 Å². The molecular formula is C9H13N3O3S. The zero-order chi connectivity index (χ0) is 12.0. The van der Waals surface area contributed by atoms with Crippen molar-refractivity contribution in [3.63, 3.8) is 0 Å². The summed E-state index contributed by atoms with van der Waals surface area (Å²) in [5.41, 5.74) is 5.55. The van der Waals surface area contributed by atoms with E-state index in [4.69, 9.17) is 10.5 Å². The molecule has 7 heteroatoms. The van der Waals surface area contributed by atoms with Crippen LogP contribution in [0.15, 0.2) is 5.38 Å². The van der Waals surface area contributed by atoms with E-state index >= 15 is 0 Å². The SMILES string of the molecule is CC(=O)c1csc(NC(=O)COCCN)n1. The second kappa shape index (κ2) is 6.31. The molecule has 0 radical (unpaired) electrons. The largest absolute Gasteiger partial charge is 0.370 e. The van der Waals surface area contributed by atoms with Crippen molar-refractivity contribution in [3.8, 4) is 0 Å². The molecule has 0 atom stereocenters. The summed E-state index contributed by atoms with van der Waals surface area (Å²) < 4.78 is 4.94. The summed E-state index contributed by atoms with van der Waals surface area (Å²) in [6.07, 6.45) is 0. The van der Waals surface area contributed by atoms with Crippen LogP contribution in [-0.4, -0.2) is 36.4 Å². The molecule has 1 rings (SSSR count). The summed E-state index contributed by atoms with van der Waals surface area (Å²) in [6, 6.07) is 0. The zero-order valence-corrected chi connectivity index (χ0v) is 9.67. The van der Waals surface area contributed by atoms with Gasteiger partial charge in [0.25, 0.3) is 5.91 Å². The number of nitrogens with zero attached hydrogens (tertiary/aromatic N) is 1. The molecule has 0 aliphatic heterocycles. The fourth-order valence-corrected chi connectivity index (χ4v) is 1.66. The average Bonchev–Trinajstić information content (AvgIpc) is 2.66. The lowest BCUT2D eigenvalue weighted by atomic mass is 10.4. The minimum atomic E-state index is -0.307. The van der Waals surface area contributed by atoms with Gasteiger partial charge in [-0.3, -0.25) is 14.9 Å². The second-order valence-electron chi connectivity index (χ2n) is 2.98. The fraction of sp³-hybridized carbons (Fsp3) is 0.444. The summed E-state index contributed by atoms with van der Waals surface area (Å²) in [5.74, 6) is -0.436. The Morgan fingerprint density at radius 2 is 2.38 bits per heavy atom. The molecule has 0 aromatic carbocycles. The number of ether oxygens (including phenoxy) is 1. The van der Waals surface area contributed by atoms with Crippen molar-refractivity contribution in [1.29, 1.82) is 0 Å². The third-order valence-electron chi connectivity index (χ3n) is 1.61. The Labute approximate surface area is 96.8 Å². The lowest BCUT2D eigenvalue weighted by Crippen LogP contribution is -2.20. The number of hydrogen-bond acceptors (Lipinski definition) is 6. The van der Waals surface area contributed by atoms with Crippen LogP contribution in [0.5, 0.6) is 0 Å². The second-order valence-corrected chi connectivity index (χ2v) is 3.84. The first-order valence-electron chi connectivity index (χ1n) is 4.67. The summed E-state index contributed by atoms with van der Waals surface area (Å²) in [5, 5.41) is 4.52. The van der Waals surface area contributed by atoms with Gasteiger partial charge in [0.2, 0.25) is 0 Å². The van der Waals surface area contributed by atoms with Crippen LogP contribution in [0, 0.1) is 0 Å². The first-order chi connectivity index (χ1) is 7.63. The van der Waals surface area contributed by atoms with Gasteiger partial charge in [0, 0.05) is 18.8 Å². The average molecular weight is 243 g/mol. The van der Waals surface area contributed by atoms with Gasteiger partial charge < -0.3 is 10.5 Å². The molecule has 1 heterocycles. The van der Waals surface area contributed by atoms with Crippen molar-refractivity contribution in [1.82, 2.24) is 4.98 Å². The topological polar surface area (TPSA) is 94.3 Å². The van der Waals surface area contributed by atoms with E-state index < -0.39 is 0 Å². The van der Waals surface area contributed by atoms with Crippen LogP contribution < -0.4 is 11.1 Å². The molecule has 3 N–H and O–H groups in total. The maximum Gasteiger partial charge on any atom is 0.252 e. The molecule has 0 aliphatic carbocycles. The predicted molar refractivity (Wildman–Crippen MR) is 60.6 cm³/mol. The molecule has 0 aliphatic rings. The van der Waals surface area contributed by atoms with Crippen LogP contribution in [0.2, 0.25) is 0 Å². The van der Waals surface area contributed by atoms with Gasteiger partial charge in [0.1, 0.15) is 12.3 Å². The maximum absolute atomic E-state index is 11.3. The lowest BCUT2D eigenvalue weighted by molar-refractivity contribution is -0.120. The molecule has 1 aromatic rings. The normalized spacial score (nSPS) is 10.1. The Morgan fingerprint density at radius 3 is 2.94 bits per heavy atom. The van der Waals surface area contributed by atoms with E-state index in [1.54, 1.807) is 5.38 Å². The maximum atomic E-state index is 11.3. The van der Waals surface area contributed by atoms with Crippen LogP contribution in [0.3, 0.4) is 0 Å². The number of nitrogens with two attached hydrogens (primary N) is 1. The van der Waals surface area contributed by atoms with Gasteiger partial charge >= 0.3 is 0 Å². The Hall–Kier alpha value is -1.31. The van der Waals surface area contributed by atoms with Crippen molar-refractivity contribution < 1.29 is 14.3 Å². The molecule has 0 saturated carbocycles. The number of rotatable bonds is 6. The van der Waals surface area contributed by atoms with Gasteiger partial charge in [-0.15, -0.1) is 11.3 Å². The summed E-state index contributed by atoms with van der Waals surface area (Å²) in [6.45, 7) is 2.07. The molecule has 6 nitrogen and oxygen atoms in total. The molecule has 0 fully saturated rings. The third kappa shape index (κ3) is 4.05. The number of thiazole rings is 1. The fourth-order valence-electron chi connectivity index (χ4n) is 0.896. The quantitative estimate of drug-likeness (QED) is 0.552. The minimum absolute atomic E-state index is 0.0633.